The number of aryl methyl sites for hydroxylation is 2. The van der Waals surface area contributed by atoms with Gasteiger partial charge in [0.15, 0.2) is 5.65 Å². The van der Waals surface area contributed by atoms with Crippen LogP contribution in [-0.2, 0) is 23.7 Å². The predicted molar refractivity (Wildman–Crippen MR) is 76.6 cm³/mol. The van der Waals surface area contributed by atoms with Gasteiger partial charge in [0.1, 0.15) is 11.3 Å². The van der Waals surface area contributed by atoms with Gasteiger partial charge in [0.05, 0.1) is 24.3 Å². The average molecular weight is 285 g/mol. The summed E-state index contributed by atoms with van der Waals surface area (Å²) >= 11 is 6.00. The number of hydrogen-bond donors (Lipinski definition) is 0. The van der Waals surface area contributed by atoms with Crippen molar-refractivity contribution in [3.63, 3.8) is 0 Å². The lowest BCUT2D eigenvalue weighted by Crippen LogP contribution is -2.14. The number of halogens is 1. The van der Waals surface area contributed by atoms with Crippen LogP contribution >= 0.6 is 11.6 Å². The molecule has 2 aromatic heterocycles. The van der Waals surface area contributed by atoms with Crippen molar-refractivity contribution >= 4 is 22.8 Å². The SMILES string of the molecule is CCn1nc(C)c2nc(CCl)n(CCOC(C)C)c21. The number of hydrogen-bond acceptors (Lipinski definition) is 3. The highest BCUT2D eigenvalue weighted by atomic mass is 35.5. The quantitative estimate of drug-likeness (QED) is 0.766. The Balaban J connectivity index is 2.38. The molecule has 0 saturated heterocycles. The maximum atomic E-state index is 6.00. The van der Waals surface area contributed by atoms with Crippen LogP contribution in [0.3, 0.4) is 0 Å². The molecular weight excluding hydrogens is 264 g/mol. The maximum Gasteiger partial charge on any atom is 0.159 e. The first-order chi connectivity index (χ1) is 9.08. The Bertz CT molecular complexity index is 558. The van der Waals surface area contributed by atoms with E-state index < -0.39 is 0 Å². The molecule has 0 bridgehead atoms. The van der Waals surface area contributed by atoms with Gasteiger partial charge in [0.25, 0.3) is 0 Å². The number of imidazole rings is 1. The molecule has 0 atom stereocenters. The van der Waals surface area contributed by atoms with Crippen LogP contribution in [0, 0.1) is 6.92 Å². The van der Waals surface area contributed by atoms with E-state index in [2.05, 4.69) is 21.6 Å². The summed E-state index contributed by atoms with van der Waals surface area (Å²) in [6.45, 7) is 10.4. The molecule has 0 aromatic carbocycles. The van der Waals surface area contributed by atoms with Gasteiger partial charge in [-0.2, -0.15) is 5.10 Å². The van der Waals surface area contributed by atoms with E-state index >= 15 is 0 Å². The summed E-state index contributed by atoms with van der Waals surface area (Å²) in [6, 6.07) is 0. The minimum Gasteiger partial charge on any atom is -0.377 e. The number of nitrogens with zero attached hydrogens (tertiary/aromatic N) is 4. The molecule has 0 aliphatic rings. The van der Waals surface area contributed by atoms with Gasteiger partial charge >= 0.3 is 0 Å². The third kappa shape index (κ3) is 2.77. The van der Waals surface area contributed by atoms with Crippen molar-refractivity contribution in [3.05, 3.63) is 11.5 Å². The fourth-order valence-electron chi connectivity index (χ4n) is 2.21. The van der Waals surface area contributed by atoms with Gasteiger partial charge in [-0.05, 0) is 27.7 Å². The zero-order chi connectivity index (χ0) is 14.0. The lowest BCUT2D eigenvalue weighted by Gasteiger charge is -2.11. The largest absolute Gasteiger partial charge is 0.377 e. The van der Waals surface area contributed by atoms with Gasteiger partial charge in [0, 0.05) is 13.1 Å². The molecule has 0 N–H and O–H groups in total. The third-order valence-electron chi connectivity index (χ3n) is 3.06. The van der Waals surface area contributed by atoms with Gasteiger partial charge in [-0.1, -0.05) is 0 Å². The topological polar surface area (TPSA) is 44.9 Å². The zero-order valence-corrected chi connectivity index (χ0v) is 12.7. The van der Waals surface area contributed by atoms with Crippen molar-refractivity contribution in [2.45, 2.75) is 52.8 Å². The summed E-state index contributed by atoms with van der Waals surface area (Å²) in [7, 11) is 0. The summed E-state index contributed by atoms with van der Waals surface area (Å²) in [5.41, 5.74) is 2.94. The molecule has 0 radical (unpaired) electrons. The van der Waals surface area contributed by atoms with Crippen LogP contribution in [-0.4, -0.2) is 32.0 Å². The van der Waals surface area contributed by atoms with E-state index in [1.165, 1.54) is 0 Å². The van der Waals surface area contributed by atoms with Crippen LogP contribution in [0.25, 0.3) is 11.2 Å². The fraction of sp³-hybridized carbons (Fsp3) is 0.692. The molecule has 0 aliphatic carbocycles. The fourth-order valence-corrected chi connectivity index (χ4v) is 2.41. The number of aromatic nitrogens is 4. The second kappa shape index (κ2) is 5.92. The van der Waals surface area contributed by atoms with E-state index in [0.717, 1.165) is 35.8 Å². The third-order valence-corrected chi connectivity index (χ3v) is 3.30. The molecule has 0 unspecified atom stereocenters. The van der Waals surface area contributed by atoms with Crippen LogP contribution in [0.4, 0.5) is 0 Å². The Labute approximate surface area is 118 Å². The first kappa shape index (κ1) is 14.3. The van der Waals surface area contributed by atoms with E-state index in [9.17, 15) is 0 Å². The normalized spacial score (nSPS) is 11.9. The monoisotopic (exact) mass is 284 g/mol. The van der Waals surface area contributed by atoms with Crippen molar-refractivity contribution in [2.75, 3.05) is 6.61 Å². The van der Waals surface area contributed by atoms with Gasteiger partial charge in [-0.3, -0.25) is 0 Å². The van der Waals surface area contributed by atoms with Gasteiger partial charge in [-0.25, -0.2) is 9.67 Å². The maximum absolute atomic E-state index is 6.00. The molecule has 6 heteroatoms. The Morgan fingerprint density at radius 2 is 2.11 bits per heavy atom. The van der Waals surface area contributed by atoms with Crippen molar-refractivity contribution in [1.82, 2.24) is 19.3 Å². The highest BCUT2D eigenvalue weighted by Gasteiger charge is 2.17. The lowest BCUT2D eigenvalue weighted by atomic mass is 10.4. The van der Waals surface area contributed by atoms with E-state index in [4.69, 9.17) is 16.3 Å². The lowest BCUT2D eigenvalue weighted by molar-refractivity contribution is 0.0728. The smallest absolute Gasteiger partial charge is 0.159 e. The van der Waals surface area contributed by atoms with Crippen LogP contribution in [0.2, 0.25) is 0 Å². The Kier molecular flexibility index (Phi) is 4.47. The van der Waals surface area contributed by atoms with Crippen LogP contribution in [0.1, 0.15) is 32.3 Å². The minimum atomic E-state index is 0.233. The molecule has 0 aliphatic heterocycles. The van der Waals surface area contributed by atoms with Crippen molar-refractivity contribution in [2.24, 2.45) is 0 Å². The summed E-state index contributed by atoms with van der Waals surface area (Å²) in [5, 5.41) is 4.50. The highest BCUT2D eigenvalue weighted by molar-refractivity contribution is 6.16. The standard InChI is InChI=1S/C13H21ClN4O/c1-5-18-13-12(10(4)16-18)15-11(8-14)17(13)6-7-19-9(2)3/h9H,5-8H2,1-4H3. The van der Waals surface area contributed by atoms with Gasteiger partial charge < -0.3 is 9.30 Å². The van der Waals surface area contributed by atoms with Gasteiger partial charge in [0.2, 0.25) is 0 Å². The molecule has 0 amide bonds. The molecule has 0 saturated carbocycles. The summed E-state index contributed by atoms with van der Waals surface area (Å²) in [5.74, 6) is 1.28. The van der Waals surface area contributed by atoms with E-state index in [1.807, 2.05) is 25.5 Å². The molecule has 2 aromatic rings. The molecule has 0 spiro atoms. The van der Waals surface area contributed by atoms with Crippen LogP contribution in [0.15, 0.2) is 0 Å². The molecule has 2 rings (SSSR count). The first-order valence-corrected chi connectivity index (χ1v) is 7.22. The van der Waals surface area contributed by atoms with Crippen LogP contribution in [0.5, 0.6) is 0 Å². The van der Waals surface area contributed by atoms with E-state index in [0.29, 0.717) is 12.5 Å². The summed E-state index contributed by atoms with van der Waals surface area (Å²) in [4.78, 5) is 4.59. The van der Waals surface area contributed by atoms with E-state index in [1.54, 1.807) is 0 Å². The number of rotatable bonds is 6. The summed E-state index contributed by atoms with van der Waals surface area (Å²) < 4.78 is 9.72. The Morgan fingerprint density at radius 1 is 1.37 bits per heavy atom. The minimum absolute atomic E-state index is 0.233. The van der Waals surface area contributed by atoms with Crippen molar-refractivity contribution in [1.29, 1.82) is 0 Å². The van der Waals surface area contributed by atoms with Crippen LogP contribution < -0.4 is 0 Å². The van der Waals surface area contributed by atoms with Gasteiger partial charge in [-0.15, -0.1) is 11.6 Å². The highest BCUT2D eigenvalue weighted by Crippen LogP contribution is 2.20. The second-order valence-corrected chi connectivity index (χ2v) is 5.07. The second-order valence-electron chi connectivity index (χ2n) is 4.81. The molecule has 106 valence electrons. The first-order valence-electron chi connectivity index (χ1n) is 6.68. The van der Waals surface area contributed by atoms with Crippen molar-refractivity contribution < 1.29 is 4.74 Å². The van der Waals surface area contributed by atoms with E-state index in [-0.39, 0.29) is 6.10 Å². The average Bonchev–Trinajstić information content (AvgIpc) is 2.88. The summed E-state index contributed by atoms with van der Waals surface area (Å²) in [6.07, 6.45) is 0.233. The molecular formula is C13H21ClN4O. The number of fused-ring (bicyclic) bond motifs is 1. The van der Waals surface area contributed by atoms with Crippen molar-refractivity contribution in [3.8, 4) is 0 Å². The Morgan fingerprint density at radius 3 is 2.68 bits per heavy atom. The molecule has 5 nitrogen and oxygen atoms in total. The molecule has 2 heterocycles. The molecule has 19 heavy (non-hydrogen) atoms. The zero-order valence-electron chi connectivity index (χ0n) is 12.0. The predicted octanol–water partition coefficient (Wildman–Crippen LogP) is 2.72. The number of ether oxygens (including phenoxy) is 1. The number of alkyl halides is 1. The Hall–Kier alpha value is -1.07. The molecule has 0 fully saturated rings.